The lowest BCUT2D eigenvalue weighted by Gasteiger charge is -1.96. The van der Waals surface area contributed by atoms with Gasteiger partial charge in [0.25, 0.3) is 0 Å². The standard InChI is InChI=1S/C7H9F2N2/c8-7(9)3-1-2-6-4-5-10-11-6/h4-5,7H,1-3H2. The SMILES string of the molecule is FC(F)CCCC1=N[N]C=C1. The third-order valence-electron chi connectivity index (χ3n) is 1.38. The normalized spacial score (nSPS) is 15.4. The Balaban J connectivity index is 2.08. The van der Waals surface area contributed by atoms with Crippen LogP contribution in [0.1, 0.15) is 19.3 Å². The summed E-state index contributed by atoms with van der Waals surface area (Å²) in [5, 5.41) is 3.72. The summed E-state index contributed by atoms with van der Waals surface area (Å²) in [5.41, 5.74) is 4.38. The molecular formula is C7H9F2N2. The van der Waals surface area contributed by atoms with Crippen molar-refractivity contribution in [3.8, 4) is 0 Å². The second-order valence-corrected chi connectivity index (χ2v) is 2.31. The van der Waals surface area contributed by atoms with E-state index in [2.05, 4.69) is 10.5 Å². The first-order valence-corrected chi connectivity index (χ1v) is 3.50. The van der Waals surface area contributed by atoms with Gasteiger partial charge in [-0.3, -0.25) is 0 Å². The molecule has 61 valence electrons. The average Bonchev–Trinajstić information content (AvgIpc) is 2.39. The summed E-state index contributed by atoms with van der Waals surface area (Å²) in [7, 11) is 0. The van der Waals surface area contributed by atoms with Crippen LogP contribution >= 0.6 is 0 Å². The van der Waals surface area contributed by atoms with Crippen LogP contribution in [0.4, 0.5) is 8.78 Å². The van der Waals surface area contributed by atoms with Gasteiger partial charge in [-0.05, 0) is 18.9 Å². The van der Waals surface area contributed by atoms with Crippen molar-refractivity contribution >= 4 is 5.71 Å². The number of allylic oxidation sites excluding steroid dienone is 1. The quantitative estimate of drug-likeness (QED) is 0.599. The molecule has 0 spiro atoms. The third-order valence-corrected chi connectivity index (χ3v) is 1.38. The minimum atomic E-state index is -2.20. The summed E-state index contributed by atoms with van der Waals surface area (Å²) in [6.07, 6.45) is 2.15. The van der Waals surface area contributed by atoms with Crippen molar-refractivity contribution in [3.05, 3.63) is 12.3 Å². The maximum absolute atomic E-state index is 11.6. The Bertz CT molecular complexity index is 175. The first kappa shape index (κ1) is 8.17. The van der Waals surface area contributed by atoms with E-state index in [-0.39, 0.29) is 6.42 Å². The third kappa shape index (κ3) is 3.11. The summed E-state index contributed by atoms with van der Waals surface area (Å²) < 4.78 is 23.3. The van der Waals surface area contributed by atoms with Crippen molar-refractivity contribution in [3.63, 3.8) is 0 Å². The molecule has 0 unspecified atom stereocenters. The molecule has 1 rings (SSSR count). The van der Waals surface area contributed by atoms with Gasteiger partial charge in [-0.25, -0.2) is 8.78 Å². The van der Waals surface area contributed by atoms with Gasteiger partial charge in [0.1, 0.15) is 0 Å². The van der Waals surface area contributed by atoms with Gasteiger partial charge in [-0.15, -0.1) is 0 Å². The van der Waals surface area contributed by atoms with E-state index in [0.717, 1.165) is 5.71 Å². The van der Waals surface area contributed by atoms with Crippen LogP contribution in [0.15, 0.2) is 17.4 Å². The van der Waals surface area contributed by atoms with Crippen molar-refractivity contribution in [1.82, 2.24) is 5.43 Å². The smallest absolute Gasteiger partial charge is 0.211 e. The Labute approximate surface area is 64.0 Å². The van der Waals surface area contributed by atoms with Gasteiger partial charge in [0.15, 0.2) is 0 Å². The molecule has 1 aliphatic heterocycles. The maximum atomic E-state index is 11.6. The Hall–Kier alpha value is -0.930. The van der Waals surface area contributed by atoms with Crippen LogP contribution in [0.3, 0.4) is 0 Å². The van der Waals surface area contributed by atoms with E-state index in [9.17, 15) is 8.78 Å². The Kier molecular flexibility index (Phi) is 3.01. The fourth-order valence-electron chi connectivity index (χ4n) is 0.831. The van der Waals surface area contributed by atoms with E-state index in [0.29, 0.717) is 12.8 Å². The molecule has 0 fully saturated rings. The Morgan fingerprint density at radius 1 is 1.45 bits per heavy atom. The lowest BCUT2D eigenvalue weighted by molar-refractivity contribution is 0.135. The zero-order chi connectivity index (χ0) is 8.10. The zero-order valence-corrected chi connectivity index (χ0v) is 6.00. The summed E-state index contributed by atoms with van der Waals surface area (Å²) in [6.45, 7) is 0. The predicted molar refractivity (Wildman–Crippen MR) is 38.6 cm³/mol. The highest BCUT2D eigenvalue weighted by Gasteiger charge is 2.04. The number of alkyl halides is 2. The molecule has 11 heavy (non-hydrogen) atoms. The minimum Gasteiger partial charge on any atom is -0.211 e. The highest BCUT2D eigenvalue weighted by molar-refractivity contribution is 5.95. The van der Waals surface area contributed by atoms with Gasteiger partial charge < -0.3 is 0 Å². The molecule has 1 heterocycles. The lowest BCUT2D eigenvalue weighted by atomic mass is 10.2. The number of hydrogen-bond acceptors (Lipinski definition) is 1. The molecule has 2 nitrogen and oxygen atoms in total. The van der Waals surface area contributed by atoms with Crippen molar-refractivity contribution < 1.29 is 8.78 Å². The fourth-order valence-corrected chi connectivity index (χ4v) is 0.831. The van der Waals surface area contributed by atoms with Gasteiger partial charge in [0, 0.05) is 6.42 Å². The second kappa shape index (κ2) is 4.05. The molecule has 0 aromatic rings. The van der Waals surface area contributed by atoms with Gasteiger partial charge in [0.05, 0.1) is 11.9 Å². The number of halogens is 2. The van der Waals surface area contributed by atoms with E-state index < -0.39 is 6.43 Å². The van der Waals surface area contributed by atoms with Crippen LogP contribution in [-0.4, -0.2) is 12.1 Å². The van der Waals surface area contributed by atoms with Crippen LogP contribution in [0, 0.1) is 0 Å². The second-order valence-electron chi connectivity index (χ2n) is 2.31. The molecule has 0 aromatic heterocycles. The summed E-state index contributed by atoms with van der Waals surface area (Å²) in [4.78, 5) is 0. The first-order valence-electron chi connectivity index (χ1n) is 3.50. The highest BCUT2D eigenvalue weighted by Crippen LogP contribution is 2.07. The van der Waals surface area contributed by atoms with Crippen LogP contribution in [0.5, 0.6) is 0 Å². The monoisotopic (exact) mass is 159 g/mol. The molecule has 1 aliphatic rings. The summed E-state index contributed by atoms with van der Waals surface area (Å²) in [5.74, 6) is 0. The molecule has 0 amide bonds. The number of nitrogens with zero attached hydrogens (tertiary/aromatic N) is 2. The van der Waals surface area contributed by atoms with E-state index in [1.807, 2.05) is 0 Å². The zero-order valence-electron chi connectivity index (χ0n) is 6.00. The van der Waals surface area contributed by atoms with Crippen molar-refractivity contribution in [2.75, 3.05) is 0 Å². The van der Waals surface area contributed by atoms with Gasteiger partial charge >= 0.3 is 0 Å². The maximum Gasteiger partial charge on any atom is 0.238 e. The highest BCUT2D eigenvalue weighted by atomic mass is 19.3. The van der Waals surface area contributed by atoms with Crippen LogP contribution < -0.4 is 5.43 Å². The van der Waals surface area contributed by atoms with Crippen molar-refractivity contribution in [2.24, 2.45) is 5.10 Å². The predicted octanol–water partition coefficient (Wildman–Crippen LogP) is 1.91. The van der Waals surface area contributed by atoms with Gasteiger partial charge in [-0.1, -0.05) is 0 Å². The number of hydrogen-bond donors (Lipinski definition) is 0. The minimum absolute atomic E-state index is 0.0488. The molecular weight excluding hydrogens is 150 g/mol. The largest absolute Gasteiger partial charge is 0.238 e. The lowest BCUT2D eigenvalue weighted by Crippen LogP contribution is -1.95. The van der Waals surface area contributed by atoms with E-state index in [1.54, 1.807) is 12.3 Å². The molecule has 0 atom stereocenters. The fraction of sp³-hybridized carbons (Fsp3) is 0.571. The molecule has 0 aliphatic carbocycles. The molecule has 1 radical (unpaired) electrons. The van der Waals surface area contributed by atoms with Gasteiger partial charge in [0.2, 0.25) is 6.43 Å². The Morgan fingerprint density at radius 3 is 2.82 bits per heavy atom. The molecule has 0 aromatic carbocycles. The van der Waals surface area contributed by atoms with E-state index in [1.165, 1.54) is 0 Å². The average molecular weight is 159 g/mol. The van der Waals surface area contributed by atoms with Crippen LogP contribution in [0.2, 0.25) is 0 Å². The van der Waals surface area contributed by atoms with E-state index in [4.69, 9.17) is 0 Å². The number of rotatable bonds is 4. The Morgan fingerprint density at radius 2 is 2.27 bits per heavy atom. The topological polar surface area (TPSA) is 26.5 Å². The molecule has 0 saturated heterocycles. The first-order chi connectivity index (χ1) is 5.29. The summed E-state index contributed by atoms with van der Waals surface area (Å²) in [6, 6.07) is 0. The molecule has 0 N–H and O–H groups in total. The molecule has 0 saturated carbocycles. The van der Waals surface area contributed by atoms with Crippen molar-refractivity contribution in [1.29, 1.82) is 0 Å². The summed E-state index contributed by atoms with van der Waals surface area (Å²) >= 11 is 0. The van der Waals surface area contributed by atoms with Crippen molar-refractivity contribution in [2.45, 2.75) is 25.7 Å². The van der Waals surface area contributed by atoms with Crippen LogP contribution in [-0.2, 0) is 0 Å². The van der Waals surface area contributed by atoms with Gasteiger partial charge in [-0.2, -0.15) is 10.5 Å². The van der Waals surface area contributed by atoms with Crippen LogP contribution in [0.25, 0.3) is 0 Å². The molecule has 0 bridgehead atoms. The molecule has 4 heteroatoms. The van der Waals surface area contributed by atoms with E-state index >= 15 is 0 Å².